The molecule has 0 aromatic heterocycles. The van der Waals surface area contributed by atoms with Crippen molar-refractivity contribution in [2.75, 3.05) is 13.2 Å². The van der Waals surface area contributed by atoms with Crippen molar-refractivity contribution in [1.29, 1.82) is 0 Å². The SMILES string of the molecule is [Ag+].[NH-]CCO. The van der Waals surface area contributed by atoms with Gasteiger partial charge in [0, 0.05) is 6.61 Å². The Bertz CT molecular complexity index is 11.6. The number of hydrogen-bond acceptors (Lipinski definition) is 1. The fraction of sp³-hybridized carbons (Fsp3) is 1.00. The van der Waals surface area contributed by atoms with Gasteiger partial charge in [0.25, 0.3) is 0 Å². The van der Waals surface area contributed by atoms with Crippen LogP contribution in [0.2, 0.25) is 0 Å². The summed E-state index contributed by atoms with van der Waals surface area (Å²) in [5.41, 5.74) is 6.20. The molecule has 0 saturated carbocycles. The van der Waals surface area contributed by atoms with E-state index >= 15 is 0 Å². The van der Waals surface area contributed by atoms with Gasteiger partial charge in [-0.05, 0) is 0 Å². The second-order valence-corrected chi connectivity index (χ2v) is 0.474. The average molecular weight is 168 g/mol. The van der Waals surface area contributed by atoms with Crippen LogP contribution in [-0.4, -0.2) is 18.3 Å². The Morgan fingerprint density at radius 3 is 1.80 bits per heavy atom. The van der Waals surface area contributed by atoms with Crippen molar-refractivity contribution in [1.82, 2.24) is 0 Å². The van der Waals surface area contributed by atoms with Crippen LogP contribution in [0.4, 0.5) is 0 Å². The van der Waals surface area contributed by atoms with E-state index in [4.69, 9.17) is 10.8 Å². The summed E-state index contributed by atoms with van der Waals surface area (Å²) in [5, 5.41) is 7.69. The molecule has 0 bridgehead atoms. The second kappa shape index (κ2) is 8.82. The molecule has 0 atom stereocenters. The van der Waals surface area contributed by atoms with Crippen molar-refractivity contribution in [2.45, 2.75) is 0 Å². The fourth-order valence-corrected chi connectivity index (χ4v) is 0. The van der Waals surface area contributed by atoms with Gasteiger partial charge in [-0.3, -0.25) is 0 Å². The molecule has 36 valence electrons. The predicted molar refractivity (Wildman–Crippen MR) is 16.3 cm³/mol. The van der Waals surface area contributed by atoms with Gasteiger partial charge < -0.3 is 10.8 Å². The third-order valence-electron chi connectivity index (χ3n) is 0.112. The second-order valence-electron chi connectivity index (χ2n) is 0.474. The first-order valence-electron chi connectivity index (χ1n) is 1.17. The molecule has 3 heteroatoms. The fourth-order valence-electron chi connectivity index (χ4n) is 0. The number of rotatable bonds is 1. The number of nitrogens with one attached hydrogen (secondary N) is 1. The minimum atomic E-state index is -0.0139. The van der Waals surface area contributed by atoms with Crippen LogP contribution in [0.1, 0.15) is 0 Å². The minimum absolute atomic E-state index is 0. The van der Waals surface area contributed by atoms with Crippen molar-refractivity contribution in [3.05, 3.63) is 5.73 Å². The van der Waals surface area contributed by atoms with Crippen molar-refractivity contribution >= 4 is 0 Å². The molecule has 2 nitrogen and oxygen atoms in total. The quantitative estimate of drug-likeness (QED) is 0.551. The minimum Gasteiger partial charge on any atom is -0.676 e. The molecule has 0 unspecified atom stereocenters. The zero-order chi connectivity index (χ0) is 3.41. The molecule has 0 heterocycles. The van der Waals surface area contributed by atoms with Crippen LogP contribution in [0.15, 0.2) is 0 Å². The normalized spacial score (nSPS) is 6.00. The third kappa shape index (κ3) is 12.0. The van der Waals surface area contributed by atoms with Crippen molar-refractivity contribution < 1.29 is 27.5 Å². The van der Waals surface area contributed by atoms with E-state index in [0.717, 1.165) is 0 Å². The Morgan fingerprint density at radius 2 is 1.80 bits per heavy atom. The first kappa shape index (κ1) is 9.18. The van der Waals surface area contributed by atoms with E-state index in [1.54, 1.807) is 0 Å². The summed E-state index contributed by atoms with van der Waals surface area (Å²) >= 11 is 0. The maximum absolute atomic E-state index is 7.69. The van der Waals surface area contributed by atoms with Crippen LogP contribution < -0.4 is 0 Å². The summed E-state index contributed by atoms with van der Waals surface area (Å²) in [6.07, 6.45) is 0. The van der Waals surface area contributed by atoms with Gasteiger partial charge in [0.1, 0.15) is 0 Å². The van der Waals surface area contributed by atoms with Crippen LogP contribution >= 0.6 is 0 Å². The maximum atomic E-state index is 7.69. The summed E-state index contributed by atoms with van der Waals surface area (Å²) in [7, 11) is 0. The number of aliphatic hydroxyl groups excluding tert-OH is 1. The average Bonchev–Trinajstić information content (AvgIpc) is 1.37. The van der Waals surface area contributed by atoms with E-state index in [1.807, 2.05) is 0 Å². The third-order valence-corrected chi connectivity index (χ3v) is 0.112. The smallest absolute Gasteiger partial charge is 0.676 e. The molecule has 0 radical (unpaired) electrons. The van der Waals surface area contributed by atoms with E-state index in [2.05, 4.69) is 0 Å². The molecule has 0 fully saturated rings. The first-order valence-corrected chi connectivity index (χ1v) is 1.17. The summed E-state index contributed by atoms with van der Waals surface area (Å²) in [6, 6.07) is 0. The Labute approximate surface area is 46.9 Å². The molecule has 0 rings (SSSR count). The zero-order valence-electron chi connectivity index (χ0n) is 2.66. The van der Waals surface area contributed by atoms with Gasteiger partial charge in [-0.25, -0.2) is 0 Å². The van der Waals surface area contributed by atoms with Gasteiger partial charge in [0.15, 0.2) is 0 Å². The molecule has 5 heavy (non-hydrogen) atoms. The summed E-state index contributed by atoms with van der Waals surface area (Å²) in [5.74, 6) is 0. The molecular weight excluding hydrogens is 162 g/mol. The van der Waals surface area contributed by atoms with Crippen LogP contribution in [0, 0.1) is 0 Å². The van der Waals surface area contributed by atoms with Crippen LogP contribution in [0.5, 0.6) is 0 Å². The maximum Gasteiger partial charge on any atom is 1.00 e. The number of aliphatic hydroxyl groups is 1. The Hall–Kier alpha value is 0.660. The van der Waals surface area contributed by atoms with E-state index in [9.17, 15) is 0 Å². The molecule has 0 aromatic carbocycles. The number of hydrogen-bond donors (Lipinski definition) is 1. The van der Waals surface area contributed by atoms with Gasteiger partial charge in [0.05, 0.1) is 0 Å². The summed E-state index contributed by atoms with van der Waals surface area (Å²) in [6.45, 7) is 0.111. The van der Waals surface area contributed by atoms with Crippen LogP contribution in [0.25, 0.3) is 5.73 Å². The summed E-state index contributed by atoms with van der Waals surface area (Å²) < 4.78 is 0. The molecule has 0 amide bonds. The van der Waals surface area contributed by atoms with E-state index in [1.165, 1.54) is 0 Å². The Kier molecular flexibility index (Phi) is 16.2. The van der Waals surface area contributed by atoms with E-state index in [-0.39, 0.29) is 35.5 Å². The first-order chi connectivity index (χ1) is 1.91. The topological polar surface area (TPSA) is 44.0 Å². The Morgan fingerprint density at radius 1 is 1.60 bits per heavy atom. The molecule has 0 aliphatic rings. The summed E-state index contributed by atoms with van der Waals surface area (Å²) in [4.78, 5) is 0. The molecule has 0 aromatic rings. The van der Waals surface area contributed by atoms with Gasteiger partial charge in [0.2, 0.25) is 0 Å². The van der Waals surface area contributed by atoms with Crippen molar-refractivity contribution in [3.8, 4) is 0 Å². The monoisotopic (exact) mass is 167 g/mol. The van der Waals surface area contributed by atoms with Crippen molar-refractivity contribution in [3.63, 3.8) is 0 Å². The molecule has 0 aliphatic heterocycles. The zero-order valence-corrected chi connectivity index (χ0v) is 4.15. The van der Waals surface area contributed by atoms with Gasteiger partial charge in [-0.1, -0.05) is 0 Å². The molecule has 0 spiro atoms. The van der Waals surface area contributed by atoms with Gasteiger partial charge in [-0.15, -0.1) is 6.54 Å². The van der Waals surface area contributed by atoms with E-state index < -0.39 is 0 Å². The van der Waals surface area contributed by atoms with Crippen LogP contribution in [-0.2, 0) is 22.4 Å². The van der Waals surface area contributed by atoms with Gasteiger partial charge >= 0.3 is 22.4 Å². The van der Waals surface area contributed by atoms with Crippen molar-refractivity contribution in [2.24, 2.45) is 0 Å². The molecule has 0 aliphatic carbocycles. The largest absolute Gasteiger partial charge is 1.00 e. The standard InChI is InChI=1S/C2H6NO.Ag/c3-1-2-4;/h3-4H,1-2H2;/q-1;+1. The Balaban J connectivity index is 0. The van der Waals surface area contributed by atoms with Crippen LogP contribution in [0.3, 0.4) is 0 Å². The molecule has 0 saturated heterocycles. The van der Waals surface area contributed by atoms with E-state index in [0.29, 0.717) is 0 Å². The molecular formula is C2H6AgNO. The predicted octanol–water partition coefficient (Wildman–Crippen LogP) is 0.0284. The van der Waals surface area contributed by atoms with Gasteiger partial charge in [-0.2, -0.15) is 0 Å². The molecule has 2 N–H and O–H groups in total.